The maximum atomic E-state index is 13.8. The summed E-state index contributed by atoms with van der Waals surface area (Å²) >= 11 is 6.35. The molecule has 38 heavy (non-hydrogen) atoms. The van der Waals surface area contributed by atoms with Crippen molar-refractivity contribution >= 4 is 29.1 Å². The van der Waals surface area contributed by atoms with Gasteiger partial charge in [-0.25, -0.2) is 4.68 Å². The van der Waals surface area contributed by atoms with Gasteiger partial charge in [-0.3, -0.25) is 4.79 Å². The van der Waals surface area contributed by atoms with Crippen molar-refractivity contribution in [2.45, 2.75) is 19.6 Å². The third-order valence-electron chi connectivity index (χ3n) is 6.25. The number of benzene rings is 3. The second-order valence-electron chi connectivity index (χ2n) is 8.53. The Balaban J connectivity index is 1.52. The van der Waals surface area contributed by atoms with E-state index >= 15 is 0 Å². The van der Waals surface area contributed by atoms with E-state index in [2.05, 4.69) is 20.7 Å². The number of nitrogens with zero attached hydrogens (tertiary/aromatic N) is 3. The van der Waals surface area contributed by atoms with Crippen LogP contribution in [-0.2, 0) is 11.4 Å². The molecule has 0 saturated heterocycles. The highest BCUT2D eigenvalue weighted by atomic mass is 35.5. The Morgan fingerprint density at radius 2 is 1.84 bits per heavy atom. The van der Waals surface area contributed by atoms with Gasteiger partial charge in [-0.15, -0.1) is 0 Å². The number of allylic oxidation sites excluding steroid dienone is 1. The van der Waals surface area contributed by atoms with Crippen LogP contribution >= 0.6 is 11.6 Å². The van der Waals surface area contributed by atoms with Gasteiger partial charge in [0.1, 0.15) is 36.2 Å². The normalized spacial score (nSPS) is 14.4. The van der Waals surface area contributed by atoms with Crippen LogP contribution in [-0.4, -0.2) is 34.9 Å². The maximum absolute atomic E-state index is 13.8. The molecule has 1 unspecified atom stereocenters. The number of hydrogen-bond acceptors (Lipinski definition) is 7. The maximum Gasteiger partial charge on any atom is 0.255 e. The van der Waals surface area contributed by atoms with E-state index in [-0.39, 0.29) is 12.5 Å². The van der Waals surface area contributed by atoms with Crippen molar-refractivity contribution in [2.75, 3.05) is 24.9 Å². The first-order chi connectivity index (χ1) is 18.5. The Hall–Kier alpha value is -4.50. The van der Waals surface area contributed by atoms with Gasteiger partial charge in [0.25, 0.3) is 5.91 Å². The zero-order valence-corrected chi connectivity index (χ0v) is 21.8. The molecule has 0 radical (unpaired) electrons. The predicted octanol–water partition coefficient (Wildman–Crippen LogP) is 5.46. The van der Waals surface area contributed by atoms with Gasteiger partial charge >= 0.3 is 0 Å². The van der Waals surface area contributed by atoms with Crippen LogP contribution in [0.1, 0.15) is 24.1 Å². The molecular weight excluding hydrogens is 506 g/mol. The van der Waals surface area contributed by atoms with Gasteiger partial charge in [0.05, 0.1) is 25.5 Å². The second kappa shape index (κ2) is 10.9. The minimum absolute atomic E-state index is 0.263. The van der Waals surface area contributed by atoms with Crippen LogP contribution in [0.3, 0.4) is 0 Å². The molecular formula is C28H26ClN5O4. The van der Waals surface area contributed by atoms with Crippen LogP contribution in [0.2, 0.25) is 5.02 Å². The van der Waals surface area contributed by atoms with Crippen LogP contribution in [0.25, 0.3) is 0 Å². The lowest BCUT2D eigenvalue weighted by atomic mass is 9.94. The molecule has 1 aliphatic rings. The number of para-hydroxylation sites is 1. The highest BCUT2D eigenvalue weighted by molar-refractivity contribution is 6.31. The lowest BCUT2D eigenvalue weighted by Crippen LogP contribution is -2.31. The minimum Gasteiger partial charge on any atom is -0.497 e. The predicted molar refractivity (Wildman–Crippen MR) is 145 cm³/mol. The van der Waals surface area contributed by atoms with Gasteiger partial charge in [0.2, 0.25) is 5.95 Å². The number of ether oxygens (including phenoxy) is 3. The standard InChI is InChI=1S/C28H26ClN5O4/c1-17-25(27(35)33-22-13-12-19(36-2)14-24(22)37-3)26(34-28(32-17)30-16-31-34)20-9-5-7-11-23(20)38-15-18-8-4-6-10-21(18)29/h4-14,16,26H,15H2,1-3H3,(H,33,35)(H,30,31,32). The number of carbonyl (C=O) groups is 1. The number of aromatic nitrogens is 3. The van der Waals surface area contributed by atoms with E-state index in [9.17, 15) is 4.79 Å². The molecule has 1 amide bonds. The largest absolute Gasteiger partial charge is 0.497 e. The first-order valence-corrected chi connectivity index (χ1v) is 12.2. The zero-order chi connectivity index (χ0) is 26.6. The summed E-state index contributed by atoms with van der Waals surface area (Å²) in [7, 11) is 3.11. The van der Waals surface area contributed by atoms with Crippen LogP contribution in [0.15, 0.2) is 84.3 Å². The fourth-order valence-electron chi connectivity index (χ4n) is 4.37. The van der Waals surface area contributed by atoms with Gasteiger partial charge in [0, 0.05) is 27.9 Å². The van der Waals surface area contributed by atoms with Crippen molar-refractivity contribution in [1.82, 2.24) is 14.8 Å². The first kappa shape index (κ1) is 25.2. The Bertz CT molecular complexity index is 1520. The lowest BCUT2D eigenvalue weighted by molar-refractivity contribution is -0.113. The van der Waals surface area contributed by atoms with Gasteiger partial charge in [-0.05, 0) is 31.2 Å². The van der Waals surface area contributed by atoms with E-state index in [1.807, 2.05) is 55.5 Å². The Labute approximate surface area is 225 Å². The quantitative estimate of drug-likeness (QED) is 0.311. The van der Waals surface area contributed by atoms with E-state index in [0.29, 0.717) is 45.2 Å². The van der Waals surface area contributed by atoms with E-state index < -0.39 is 6.04 Å². The average Bonchev–Trinajstić information content (AvgIpc) is 3.40. The number of anilines is 2. The summed E-state index contributed by atoms with van der Waals surface area (Å²) in [6, 6.07) is 19.7. The summed E-state index contributed by atoms with van der Waals surface area (Å²) in [5.41, 5.74) is 3.20. The molecule has 0 saturated carbocycles. The average molecular weight is 532 g/mol. The highest BCUT2D eigenvalue weighted by Gasteiger charge is 2.35. The molecule has 10 heteroatoms. The van der Waals surface area contributed by atoms with Crippen LogP contribution in [0.4, 0.5) is 11.6 Å². The summed E-state index contributed by atoms with van der Waals surface area (Å²) < 4.78 is 18.7. The molecule has 1 aromatic heterocycles. The summed E-state index contributed by atoms with van der Waals surface area (Å²) in [6.07, 6.45) is 1.45. The Morgan fingerprint density at radius 3 is 2.63 bits per heavy atom. The summed E-state index contributed by atoms with van der Waals surface area (Å²) in [5, 5.41) is 11.2. The van der Waals surface area contributed by atoms with Crippen LogP contribution in [0.5, 0.6) is 17.2 Å². The minimum atomic E-state index is -0.611. The van der Waals surface area contributed by atoms with Crippen LogP contribution in [0, 0.1) is 0 Å². The second-order valence-corrected chi connectivity index (χ2v) is 8.94. The molecule has 3 aromatic carbocycles. The SMILES string of the molecule is COc1ccc(NC(=O)C2=C(C)Nc3ncnn3C2c2ccccc2OCc2ccccc2Cl)c(OC)c1. The number of amides is 1. The van der Waals surface area contributed by atoms with Crippen molar-refractivity contribution in [3.63, 3.8) is 0 Å². The van der Waals surface area contributed by atoms with E-state index in [0.717, 1.165) is 11.1 Å². The number of carbonyl (C=O) groups excluding carboxylic acids is 1. The van der Waals surface area contributed by atoms with Gasteiger partial charge < -0.3 is 24.8 Å². The molecule has 1 atom stereocenters. The molecule has 4 aromatic rings. The smallest absolute Gasteiger partial charge is 0.255 e. The van der Waals surface area contributed by atoms with E-state index in [4.69, 9.17) is 25.8 Å². The van der Waals surface area contributed by atoms with Gasteiger partial charge in [-0.2, -0.15) is 10.1 Å². The van der Waals surface area contributed by atoms with E-state index in [1.54, 1.807) is 30.0 Å². The van der Waals surface area contributed by atoms with Crippen molar-refractivity contribution in [2.24, 2.45) is 0 Å². The van der Waals surface area contributed by atoms with E-state index in [1.165, 1.54) is 13.4 Å². The molecule has 0 fully saturated rings. The Kier molecular flexibility index (Phi) is 7.19. The van der Waals surface area contributed by atoms with Gasteiger partial charge in [-0.1, -0.05) is 48.0 Å². The van der Waals surface area contributed by atoms with Crippen molar-refractivity contribution in [3.8, 4) is 17.2 Å². The number of nitrogens with one attached hydrogen (secondary N) is 2. The number of methoxy groups -OCH3 is 2. The fraction of sp³-hybridized carbons (Fsp3) is 0.179. The summed E-state index contributed by atoms with van der Waals surface area (Å²) in [5.74, 6) is 1.88. The number of hydrogen-bond donors (Lipinski definition) is 2. The number of rotatable bonds is 8. The molecule has 0 aliphatic carbocycles. The molecule has 2 N–H and O–H groups in total. The molecule has 2 heterocycles. The monoisotopic (exact) mass is 531 g/mol. The molecule has 194 valence electrons. The van der Waals surface area contributed by atoms with Crippen molar-refractivity contribution < 1.29 is 19.0 Å². The molecule has 1 aliphatic heterocycles. The first-order valence-electron chi connectivity index (χ1n) is 11.9. The molecule has 0 bridgehead atoms. The van der Waals surface area contributed by atoms with Crippen molar-refractivity contribution in [1.29, 1.82) is 0 Å². The third-order valence-corrected chi connectivity index (χ3v) is 6.62. The molecule has 0 spiro atoms. The molecule has 9 nitrogen and oxygen atoms in total. The number of halogens is 1. The highest BCUT2D eigenvalue weighted by Crippen LogP contribution is 2.40. The van der Waals surface area contributed by atoms with Gasteiger partial charge in [0.15, 0.2) is 0 Å². The third kappa shape index (κ3) is 4.88. The van der Waals surface area contributed by atoms with Crippen LogP contribution < -0.4 is 24.8 Å². The lowest BCUT2D eigenvalue weighted by Gasteiger charge is -2.30. The number of fused-ring (bicyclic) bond motifs is 1. The zero-order valence-electron chi connectivity index (χ0n) is 21.1. The molecule has 5 rings (SSSR count). The topological polar surface area (TPSA) is 99.5 Å². The summed E-state index contributed by atoms with van der Waals surface area (Å²) in [4.78, 5) is 18.2. The van der Waals surface area contributed by atoms with Crippen molar-refractivity contribution in [3.05, 3.63) is 100 Å². The summed E-state index contributed by atoms with van der Waals surface area (Å²) in [6.45, 7) is 2.09. The Morgan fingerprint density at radius 1 is 1.05 bits per heavy atom. The fourth-order valence-corrected chi connectivity index (χ4v) is 4.56.